The standard InChI is InChI=1S/C15H15N5O2S/c1-16-14(22)18-11-4-2-3-10(7-11)17-13(21)8-12-9-20-5-6-23-15(20)19-12/h2-7,9H,8H2,1H3,(H,17,21)(H2,16,18,22). The predicted octanol–water partition coefficient (Wildman–Crippen LogP) is 2.33. The fraction of sp³-hybridized carbons (Fsp3) is 0.133. The summed E-state index contributed by atoms with van der Waals surface area (Å²) in [6.07, 6.45) is 3.94. The van der Waals surface area contributed by atoms with Crippen molar-refractivity contribution in [1.82, 2.24) is 14.7 Å². The van der Waals surface area contributed by atoms with Gasteiger partial charge in [0.25, 0.3) is 0 Å². The van der Waals surface area contributed by atoms with Gasteiger partial charge in [0.1, 0.15) is 0 Å². The molecule has 3 amide bonds. The molecular weight excluding hydrogens is 314 g/mol. The summed E-state index contributed by atoms with van der Waals surface area (Å²) in [5.41, 5.74) is 1.93. The largest absolute Gasteiger partial charge is 0.341 e. The number of imidazole rings is 1. The van der Waals surface area contributed by atoms with Gasteiger partial charge in [-0.05, 0) is 18.2 Å². The second-order valence-corrected chi connectivity index (χ2v) is 5.71. The molecule has 3 N–H and O–H groups in total. The highest BCUT2D eigenvalue weighted by Crippen LogP contribution is 2.16. The lowest BCUT2D eigenvalue weighted by Crippen LogP contribution is -2.24. The molecule has 1 aromatic carbocycles. The third-order valence-corrected chi connectivity index (χ3v) is 3.89. The van der Waals surface area contributed by atoms with E-state index in [9.17, 15) is 9.59 Å². The Morgan fingerprint density at radius 3 is 2.78 bits per heavy atom. The zero-order chi connectivity index (χ0) is 16.2. The van der Waals surface area contributed by atoms with E-state index in [4.69, 9.17) is 0 Å². The van der Waals surface area contributed by atoms with Gasteiger partial charge >= 0.3 is 6.03 Å². The minimum atomic E-state index is -0.313. The summed E-state index contributed by atoms with van der Waals surface area (Å²) in [5, 5.41) is 9.87. The Bertz CT molecular complexity index is 826. The molecule has 2 aromatic heterocycles. The number of hydrogen-bond donors (Lipinski definition) is 3. The van der Waals surface area contributed by atoms with Gasteiger partial charge in [0.05, 0.1) is 12.1 Å². The quantitative estimate of drug-likeness (QED) is 0.686. The molecule has 23 heavy (non-hydrogen) atoms. The maximum Gasteiger partial charge on any atom is 0.318 e. The van der Waals surface area contributed by atoms with E-state index in [1.165, 1.54) is 18.4 Å². The SMILES string of the molecule is CNC(=O)Nc1cccc(NC(=O)Cc2cn3ccsc3n2)c1. The Kier molecular flexibility index (Phi) is 4.24. The van der Waals surface area contributed by atoms with Crippen LogP contribution in [0.25, 0.3) is 4.96 Å². The van der Waals surface area contributed by atoms with Gasteiger partial charge in [0, 0.05) is 36.2 Å². The summed E-state index contributed by atoms with van der Waals surface area (Å²) in [4.78, 5) is 28.7. The summed E-state index contributed by atoms with van der Waals surface area (Å²) >= 11 is 1.52. The van der Waals surface area contributed by atoms with E-state index in [1.807, 2.05) is 22.2 Å². The first-order chi connectivity index (χ1) is 11.1. The Morgan fingerprint density at radius 2 is 2.04 bits per heavy atom. The van der Waals surface area contributed by atoms with Crippen molar-refractivity contribution in [1.29, 1.82) is 0 Å². The van der Waals surface area contributed by atoms with Gasteiger partial charge in [-0.2, -0.15) is 0 Å². The maximum atomic E-state index is 12.1. The average molecular weight is 329 g/mol. The summed E-state index contributed by atoms with van der Waals surface area (Å²) in [5.74, 6) is -0.159. The molecule has 0 fully saturated rings. The van der Waals surface area contributed by atoms with Gasteiger partial charge in [-0.25, -0.2) is 9.78 Å². The highest BCUT2D eigenvalue weighted by molar-refractivity contribution is 7.15. The van der Waals surface area contributed by atoms with Crippen LogP contribution in [0.2, 0.25) is 0 Å². The molecule has 0 aliphatic carbocycles. The van der Waals surface area contributed by atoms with Crippen LogP contribution in [-0.2, 0) is 11.2 Å². The lowest BCUT2D eigenvalue weighted by Gasteiger charge is -2.08. The van der Waals surface area contributed by atoms with Crippen LogP contribution in [0.4, 0.5) is 16.2 Å². The number of amides is 3. The Labute approximate surface area is 136 Å². The van der Waals surface area contributed by atoms with Crippen molar-refractivity contribution >= 4 is 39.6 Å². The maximum absolute atomic E-state index is 12.1. The molecule has 2 heterocycles. The molecule has 3 aromatic rings. The third-order valence-electron chi connectivity index (χ3n) is 3.12. The zero-order valence-corrected chi connectivity index (χ0v) is 13.2. The zero-order valence-electron chi connectivity index (χ0n) is 12.4. The second kappa shape index (κ2) is 6.49. The van der Waals surface area contributed by atoms with Crippen LogP contribution in [0.1, 0.15) is 5.69 Å². The van der Waals surface area contributed by atoms with Gasteiger partial charge in [0.2, 0.25) is 5.91 Å². The van der Waals surface area contributed by atoms with Crippen LogP contribution < -0.4 is 16.0 Å². The van der Waals surface area contributed by atoms with Crippen LogP contribution in [0, 0.1) is 0 Å². The normalized spacial score (nSPS) is 10.5. The minimum absolute atomic E-state index is 0.159. The molecule has 0 aliphatic heterocycles. The monoisotopic (exact) mass is 329 g/mol. The summed E-state index contributed by atoms with van der Waals surface area (Å²) in [7, 11) is 1.54. The summed E-state index contributed by atoms with van der Waals surface area (Å²) in [6, 6.07) is 6.64. The van der Waals surface area contributed by atoms with Crippen molar-refractivity contribution in [2.24, 2.45) is 0 Å². The number of carbonyl (C=O) groups excluding carboxylic acids is 2. The van der Waals surface area contributed by atoms with Crippen LogP contribution in [-0.4, -0.2) is 28.4 Å². The molecule has 118 valence electrons. The Hall–Kier alpha value is -2.87. The lowest BCUT2D eigenvalue weighted by atomic mass is 10.2. The smallest absolute Gasteiger partial charge is 0.318 e. The number of carbonyl (C=O) groups is 2. The fourth-order valence-corrected chi connectivity index (χ4v) is 2.82. The van der Waals surface area contributed by atoms with Crippen LogP contribution in [0.5, 0.6) is 0 Å². The van der Waals surface area contributed by atoms with Crippen molar-refractivity contribution in [3.8, 4) is 0 Å². The van der Waals surface area contributed by atoms with E-state index in [0.29, 0.717) is 17.1 Å². The number of aromatic nitrogens is 2. The molecule has 0 bridgehead atoms. The van der Waals surface area contributed by atoms with Crippen molar-refractivity contribution in [2.75, 3.05) is 17.7 Å². The highest BCUT2D eigenvalue weighted by atomic mass is 32.1. The van der Waals surface area contributed by atoms with Crippen molar-refractivity contribution in [2.45, 2.75) is 6.42 Å². The van der Waals surface area contributed by atoms with Crippen molar-refractivity contribution in [3.05, 3.63) is 47.7 Å². The van der Waals surface area contributed by atoms with Gasteiger partial charge in [-0.1, -0.05) is 6.07 Å². The molecule has 0 saturated carbocycles. The number of rotatable bonds is 4. The predicted molar refractivity (Wildman–Crippen MR) is 89.9 cm³/mol. The van der Waals surface area contributed by atoms with Crippen LogP contribution in [0.3, 0.4) is 0 Å². The van der Waals surface area contributed by atoms with E-state index in [1.54, 1.807) is 24.3 Å². The first-order valence-electron chi connectivity index (χ1n) is 6.94. The molecule has 0 aliphatic rings. The first kappa shape index (κ1) is 15.0. The number of nitrogens with one attached hydrogen (secondary N) is 3. The number of benzene rings is 1. The number of thiazole rings is 1. The number of hydrogen-bond acceptors (Lipinski definition) is 4. The van der Waals surface area contributed by atoms with E-state index in [2.05, 4.69) is 20.9 Å². The first-order valence-corrected chi connectivity index (χ1v) is 7.82. The third kappa shape index (κ3) is 3.67. The molecule has 0 unspecified atom stereocenters. The van der Waals surface area contributed by atoms with E-state index in [-0.39, 0.29) is 18.4 Å². The van der Waals surface area contributed by atoms with Crippen LogP contribution in [0.15, 0.2) is 42.0 Å². The number of urea groups is 1. The molecule has 0 spiro atoms. The molecular formula is C15H15N5O2S. The minimum Gasteiger partial charge on any atom is -0.341 e. The van der Waals surface area contributed by atoms with E-state index >= 15 is 0 Å². The number of fused-ring (bicyclic) bond motifs is 1. The van der Waals surface area contributed by atoms with Crippen molar-refractivity contribution in [3.63, 3.8) is 0 Å². The summed E-state index contributed by atoms with van der Waals surface area (Å²) in [6.45, 7) is 0. The van der Waals surface area contributed by atoms with Gasteiger partial charge in [-0.3, -0.25) is 9.20 Å². The molecule has 0 atom stereocenters. The number of anilines is 2. The Morgan fingerprint density at radius 1 is 1.26 bits per heavy atom. The fourth-order valence-electron chi connectivity index (χ4n) is 2.10. The average Bonchev–Trinajstić information content (AvgIpc) is 3.08. The van der Waals surface area contributed by atoms with E-state index in [0.717, 1.165) is 4.96 Å². The van der Waals surface area contributed by atoms with Crippen LogP contribution >= 0.6 is 11.3 Å². The summed E-state index contributed by atoms with van der Waals surface area (Å²) < 4.78 is 1.89. The lowest BCUT2D eigenvalue weighted by molar-refractivity contribution is -0.115. The molecule has 0 saturated heterocycles. The molecule has 8 heteroatoms. The number of nitrogens with zero attached hydrogens (tertiary/aromatic N) is 2. The van der Waals surface area contributed by atoms with Gasteiger partial charge in [0.15, 0.2) is 4.96 Å². The Balaban J connectivity index is 1.64. The molecule has 3 rings (SSSR count). The topological polar surface area (TPSA) is 87.5 Å². The van der Waals surface area contributed by atoms with E-state index < -0.39 is 0 Å². The highest BCUT2D eigenvalue weighted by Gasteiger charge is 2.09. The molecule has 0 radical (unpaired) electrons. The molecule has 7 nitrogen and oxygen atoms in total. The van der Waals surface area contributed by atoms with Gasteiger partial charge in [-0.15, -0.1) is 11.3 Å². The second-order valence-electron chi connectivity index (χ2n) is 4.83. The van der Waals surface area contributed by atoms with Gasteiger partial charge < -0.3 is 16.0 Å². The van der Waals surface area contributed by atoms with Crippen molar-refractivity contribution < 1.29 is 9.59 Å².